The molecule has 0 spiro atoms. The summed E-state index contributed by atoms with van der Waals surface area (Å²) in [6, 6.07) is 9.07. The summed E-state index contributed by atoms with van der Waals surface area (Å²) in [6.45, 7) is 1.59. The van der Waals surface area contributed by atoms with Crippen LogP contribution < -0.4 is 16.0 Å². The highest BCUT2D eigenvalue weighted by atomic mass is 32.1. The smallest absolute Gasteiger partial charge is 0.351 e. The first-order valence-electron chi connectivity index (χ1n) is 8.17. The number of carbonyl (C=O) groups excluding carboxylic acids is 1. The molecule has 4 nitrogen and oxygen atoms in total. The number of hydrogen-bond donors (Lipinski definition) is 3. The number of nitrogens with one attached hydrogen (secondary N) is 3. The molecule has 0 radical (unpaired) electrons. The second kappa shape index (κ2) is 7.59. The Balaban J connectivity index is 1.98. The number of allylic oxidation sites excluding steroid dienone is 1. The van der Waals surface area contributed by atoms with E-state index in [0.717, 1.165) is 18.2 Å². The van der Waals surface area contributed by atoms with Gasteiger partial charge in [-0.25, -0.2) is 4.39 Å². The Labute approximate surface area is 163 Å². The summed E-state index contributed by atoms with van der Waals surface area (Å²) in [6.07, 6.45) is -4.52. The second-order valence-electron chi connectivity index (χ2n) is 6.16. The van der Waals surface area contributed by atoms with Crippen LogP contribution in [-0.4, -0.2) is 11.0 Å². The van der Waals surface area contributed by atoms with E-state index in [2.05, 4.69) is 16.0 Å². The SMILES string of the molecule is CC1=C(C(=O)Nc2cccc(F)c2)[C@H](c2cccc(C(F)(F)F)c2)NC(=S)N1. The van der Waals surface area contributed by atoms with Gasteiger partial charge in [-0.1, -0.05) is 18.2 Å². The zero-order chi connectivity index (χ0) is 20.5. The van der Waals surface area contributed by atoms with Crippen LogP contribution in [0.25, 0.3) is 0 Å². The lowest BCUT2D eigenvalue weighted by Crippen LogP contribution is -2.45. The third-order valence-corrected chi connectivity index (χ3v) is 4.36. The van der Waals surface area contributed by atoms with Gasteiger partial charge in [-0.05, 0) is 55.0 Å². The first-order chi connectivity index (χ1) is 13.1. The van der Waals surface area contributed by atoms with Gasteiger partial charge in [-0.2, -0.15) is 13.2 Å². The molecular formula is C19H15F4N3OS. The quantitative estimate of drug-likeness (QED) is 0.523. The highest BCUT2D eigenvalue weighted by Gasteiger charge is 2.34. The van der Waals surface area contributed by atoms with Crippen molar-refractivity contribution in [1.82, 2.24) is 10.6 Å². The Morgan fingerprint density at radius 1 is 1.14 bits per heavy atom. The van der Waals surface area contributed by atoms with Crippen molar-refractivity contribution in [3.8, 4) is 0 Å². The normalized spacial score (nSPS) is 17.0. The number of benzene rings is 2. The number of carbonyl (C=O) groups is 1. The van der Waals surface area contributed by atoms with Gasteiger partial charge in [0.25, 0.3) is 5.91 Å². The van der Waals surface area contributed by atoms with Crippen molar-refractivity contribution >= 4 is 28.9 Å². The van der Waals surface area contributed by atoms with Gasteiger partial charge in [-0.15, -0.1) is 0 Å². The predicted molar refractivity (Wildman–Crippen MR) is 101 cm³/mol. The van der Waals surface area contributed by atoms with Crippen molar-refractivity contribution < 1.29 is 22.4 Å². The van der Waals surface area contributed by atoms with Crippen molar-refractivity contribution in [2.24, 2.45) is 0 Å². The average molecular weight is 409 g/mol. The van der Waals surface area contributed by atoms with E-state index < -0.39 is 29.5 Å². The van der Waals surface area contributed by atoms with E-state index in [1.807, 2.05) is 0 Å². The molecule has 1 aliphatic rings. The second-order valence-corrected chi connectivity index (χ2v) is 6.57. The molecule has 0 bridgehead atoms. The molecule has 1 atom stereocenters. The molecule has 1 aliphatic heterocycles. The molecule has 146 valence electrons. The first kappa shape index (κ1) is 19.8. The molecule has 28 heavy (non-hydrogen) atoms. The Morgan fingerprint density at radius 2 is 1.86 bits per heavy atom. The van der Waals surface area contributed by atoms with Crippen LogP contribution in [0.4, 0.5) is 23.2 Å². The minimum Gasteiger partial charge on any atom is -0.351 e. The van der Waals surface area contributed by atoms with Gasteiger partial charge in [0.05, 0.1) is 17.2 Å². The van der Waals surface area contributed by atoms with E-state index in [9.17, 15) is 22.4 Å². The van der Waals surface area contributed by atoms with Crippen LogP contribution in [-0.2, 0) is 11.0 Å². The number of thiocarbonyl (C=S) groups is 1. The fraction of sp³-hybridized carbons (Fsp3) is 0.158. The van der Waals surface area contributed by atoms with E-state index in [-0.39, 0.29) is 21.9 Å². The molecule has 1 heterocycles. The van der Waals surface area contributed by atoms with Crippen LogP contribution in [0.2, 0.25) is 0 Å². The standard InChI is InChI=1S/C19H15F4N3OS/c1-10-15(17(27)25-14-7-3-6-13(20)9-14)16(26-18(28)24-10)11-4-2-5-12(8-11)19(21,22)23/h2-9,16H,1H3,(H,25,27)(H2,24,26,28)/t16-/m0/s1. The van der Waals surface area contributed by atoms with E-state index in [1.165, 1.54) is 30.3 Å². The molecule has 0 aromatic heterocycles. The average Bonchev–Trinajstić information content (AvgIpc) is 2.60. The monoisotopic (exact) mass is 409 g/mol. The largest absolute Gasteiger partial charge is 0.416 e. The molecule has 0 saturated heterocycles. The van der Waals surface area contributed by atoms with E-state index >= 15 is 0 Å². The molecule has 2 aromatic carbocycles. The Hall–Kier alpha value is -2.94. The summed E-state index contributed by atoms with van der Waals surface area (Å²) in [5.74, 6) is -1.12. The van der Waals surface area contributed by atoms with Gasteiger partial charge >= 0.3 is 6.18 Å². The van der Waals surface area contributed by atoms with E-state index in [1.54, 1.807) is 6.92 Å². The summed E-state index contributed by atoms with van der Waals surface area (Å²) in [4.78, 5) is 12.8. The molecule has 3 rings (SSSR count). The van der Waals surface area contributed by atoms with Crippen molar-refractivity contribution in [3.63, 3.8) is 0 Å². The van der Waals surface area contributed by atoms with Crippen LogP contribution in [0.5, 0.6) is 0 Å². The number of amides is 1. The van der Waals surface area contributed by atoms with Crippen molar-refractivity contribution in [2.75, 3.05) is 5.32 Å². The first-order valence-corrected chi connectivity index (χ1v) is 8.58. The molecule has 0 aliphatic carbocycles. The molecule has 1 amide bonds. The number of alkyl halides is 3. The maximum atomic E-state index is 13.4. The van der Waals surface area contributed by atoms with Gasteiger partial charge < -0.3 is 16.0 Å². The van der Waals surface area contributed by atoms with E-state index in [4.69, 9.17) is 12.2 Å². The number of hydrogen-bond acceptors (Lipinski definition) is 2. The molecule has 9 heteroatoms. The lowest BCUT2D eigenvalue weighted by Gasteiger charge is -2.30. The van der Waals surface area contributed by atoms with Gasteiger partial charge in [0, 0.05) is 11.4 Å². The number of rotatable bonds is 3. The third-order valence-electron chi connectivity index (χ3n) is 4.14. The van der Waals surface area contributed by atoms with Gasteiger partial charge in [0.1, 0.15) is 5.82 Å². The molecule has 0 saturated carbocycles. The molecule has 3 N–H and O–H groups in total. The summed E-state index contributed by atoms with van der Waals surface area (Å²) in [7, 11) is 0. The van der Waals surface area contributed by atoms with Crippen molar-refractivity contribution in [3.05, 3.63) is 76.7 Å². The number of halogens is 4. The van der Waals surface area contributed by atoms with E-state index in [0.29, 0.717) is 5.70 Å². The fourth-order valence-electron chi connectivity index (χ4n) is 2.90. The van der Waals surface area contributed by atoms with Crippen molar-refractivity contribution in [1.29, 1.82) is 0 Å². The molecule has 0 unspecified atom stereocenters. The molecule has 2 aromatic rings. The minimum absolute atomic E-state index is 0.150. The topological polar surface area (TPSA) is 53.2 Å². The lowest BCUT2D eigenvalue weighted by molar-refractivity contribution is -0.137. The van der Waals surface area contributed by atoms with Gasteiger partial charge in [0.2, 0.25) is 0 Å². The zero-order valence-electron chi connectivity index (χ0n) is 14.5. The summed E-state index contributed by atoms with van der Waals surface area (Å²) < 4.78 is 52.6. The Kier molecular flexibility index (Phi) is 5.37. The summed E-state index contributed by atoms with van der Waals surface area (Å²) >= 11 is 5.09. The highest BCUT2D eigenvalue weighted by Crippen LogP contribution is 2.33. The molecule has 0 fully saturated rings. The summed E-state index contributed by atoms with van der Waals surface area (Å²) in [5, 5.41) is 8.37. The highest BCUT2D eigenvalue weighted by molar-refractivity contribution is 7.80. The fourth-order valence-corrected chi connectivity index (χ4v) is 3.18. The van der Waals surface area contributed by atoms with Crippen LogP contribution in [0.15, 0.2) is 59.8 Å². The summed E-state index contributed by atoms with van der Waals surface area (Å²) in [5.41, 5.74) is 0.153. The van der Waals surface area contributed by atoms with Crippen molar-refractivity contribution in [2.45, 2.75) is 19.1 Å². The maximum absolute atomic E-state index is 13.4. The van der Waals surface area contributed by atoms with Crippen LogP contribution in [0.1, 0.15) is 24.1 Å². The Morgan fingerprint density at radius 3 is 2.54 bits per heavy atom. The van der Waals surface area contributed by atoms with Gasteiger partial charge in [-0.3, -0.25) is 4.79 Å². The minimum atomic E-state index is -4.52. The Bertz CT molecular complexity index is 972. The zero-order valence-corrected chi connectivity index (χ0v) is 15.3. The number of anilines is 1. The third kappa shape index (κ3) is 4.30. The lowest BCUT2D eigenvalue weighted by atomic mass is 9.93. The maximum Gasteiger partial charge on any atom is 0.416 e. The van der Waals surface area contributed by atoms with Crippen LogP contribution in [0.3, 0.4) is 0 Å². The van der Waals surface area contributed by atoms with Crippen LogP contribution >= 0.6 is 12.2 Å². The van der Waals surface area contributed by atoms with Gasteiger partial charge in [0.15, 0.2) is 5.11 Å². The predicted octanol–water partition coefficient (Wildman–Crippen LogP) is 4.28. The molecular weight excluding hydrogens is 394 g/mol. The van der Waals surface area contributed by atoms with Crippen LogP contribution in [0, 0.1) is 5.82 Å².